The lowest BCUT2D eigenvalue weighted by Crippen LogP contribution is -2.15. The fourth-order valence-electron chi connectivity index (χ4n) is 2.90. The number of rotatable bonds is 7. The topological polar surface area (TPSA) is 59.8 Å². The maximum atomic E-state index is 12.6. The number of aromatic nitrogens is 3. The van der Waals surface area contributed by atoms with Crippen LogP contribution in [0.4, 0.5) is 5.69 Å². The van der Waals surface area contributed by atoms with Gasteiger partial charge in [0.05, 0.1) is 11.4 Å². The van der Waals surface area contributed by atoms with Crippen LogP contribution < -0.4 is 5.32 Å². The molecule has 7 heteroatoms. The molecule has 0 atom stereocenters. The summed E-state index contributed by atoms with van der Waals surface area (Å²) in [6.45, 7) is 1.90. The number of thioether (sulfide) groups is 1. The van der Waals surface area contributed by atoms with Crippen LogP contribution in [0.3, 0.4) is 0 Å². The Morgan fingerprint density at radius 1 is 0.900 bits per heavy atom. The number of nitrogens with zero attached hydrogens (tertiary/aromatic N) is 3. The second-order valence-electron chi connectivity index (χ2n) is 6.45. The predicted molar refractivity (Wildman–Crippen MR) is 122 cm³/mol. The van der Waals surface area contributed by atoms with E-state index < -0.39 is 0 Å². The van der Waals surface area contributed by atoms with Gasteiger partial charge in [0.15, 0.2) is 5.16 Å². The molecule has 3 aromatic carbocycles. The van der Waals surface area contributed by atoms with E-state index in [2.05, 4.69) is 27.6 Å². The number of hydrogen-bond donors (Lipinski definition) is 1. The molecular weight excluding hydrogens is 412 g/mol. The summed E-state index contributed by atoms with van der Waals surface area (Å²) in [6, 6.07) is 27.8. The van der Waals surface area contributed by atoms with Crippen molar-refractivity contribution in [2.75, 3.05) is 11.1 Å². The number of benzene rings is 3. The van der Waals surface area contributed by atoms with Crippen LogP contribution in [-0.2, 0) is 4.79 Å². The molecule has 1 amide bonds. The van der Waals surface area contributed by atoms with Crippen molar-refractivity contribution in [3.05, 3.63) is 90.8 Å². The third-order valence-electron chi connectivity index (χ3n) is 4.27. The second kappa shape index (κ2) is 9.65. The van der Waals surface area contributed by atoms with E-state index >= 15 is 0 Å². The Balaban J connectivity index is 1.43. The van der Waals surface area contributed by atoms with Gasteiger partial charge in [-0.3, -0.25) is 9.36 Å². The van der Waals surface area contributed by atoms with Gasteiger partial charge in [0.25, 0.3) is 0 Å². The number of anilines is 1. The van der Waals surface area contributed by atoms with Crippen molar-refractivity contribution in [1.29, 1.82) is 0 Å². The highest BCUT2D eigenvalue weighted by Crippen LogP contribution is 2.33. The first-order chi connectivity index (χ1) is 14.7. The molecule has 1 aromatic heterocycles. The van der Waals surface area contributed by atoms with Gasteiger partial charge in [0.2, 0.25) is 5.91 Å². The monoisotopic (exact) mass is 432 g/mol. The normalized spacial score (nSPS) is 10.7. The lowest BCUT2D eigenvalue weighted by molar-refractivity contribution is -0.113. The summed E-state index contributed by atoms with van der Waals surface area (Å²) in [5.74, 6) is 0.949. The molecule has 0 spiro atoms. The molecule has 0 saturated heterocycles. The SMILES string of the molecule is Cc1nnc(SCC(=O)Nc2ccccc2Sc2ccccc2)n1-c1ccccc1. The van der Waals surface area contributed by atoms with Crippen LogP contribution in [0.1, 0.15) is 5.82 Å². The highest BCUT2D eigenvalue weighted by molar-refractivity contribution is 8.00. The van der Waals surface area contributed by atoms with Crippen molar-refractivity contribution >= 4 is 35.1 Å². The summed E-state index contributed by atoms with van der Waals surface area (Å²) in [6.07, 6.45) is 0. The van der Waals surface area contributed by atoms with Gasteiger partial charge in [-0.25, -0.2) is 0 Å². The Morgan fingerprint density at radius 2 is 1.57 bits per heavy atom. The van der Waals surface area contributed by atoms with Crippen LogP contribution in [0.25, 0.3) is 5.69 Å². The highest BCUT2D eigenvalue weighted by Gasteiger charge is 2.14. The minimum Gasteiger partial charge on any atom is -0.324 e. The van der Waals surface area contributed by atoms with E-state index in [9.17, 15) is 4.79 Å². The first kappa shape index (κ1) is 20.3. The molecule has 0 bridgehead atoms. The van der Waals surface area contributed by atoms with Gasteiger partial charge in [-0.05, 0) is 43.3 Å². The Morgan fingerprint density at radius 3 is 2.33 bits per heavy atom. The molecule has 0 aliphatic heterocycles. The largest absolute Gasteiger partial charge is 0.324 e. The predicted octanol–water partition coefficient (Wildman–Crippen LogP) is 5.46. The highest BCUT2D eigenvalue weighted by atomic mass is 32.2. The third-order valence-corrected chi connectivity index (χ3v) is 6.29. The molecule has 0 fully saturated rings. The van der Waals surface area contributed by atoms with Crippen LogP contribution in [0.2, 0.25) is 0 Å². The molecule has 1 N–H and O–H groups in total. The third kappa shape index (κ3) is 4.93. The lowest BCUT2D eigenvalue weighted by Gasteiger charge is -2.11. The summed E-state index contributed by atoms with van der Waals surface area (Å²) in [7, 11) is 0. The lowest BCUT2D eigenvalue weighted by atomic mass is 10.3. The number of amides is 1. The number of hydrogen-bond acceptors (Lipinski definition) is 5. The van der Waals surface area contributed by atoms with Gasteiger partial charge in [0.1, 0.15) is 5.82 Å². The van der Waals surface area contributed by atoms with E-state index in [-0.39, 0.29) is 11.7 Å². The van der Waals surface area contributed by atoms with E-state index in [1.165, 1.54) is 11.8 Å². The minimum absolute atomic E-state index is 0.0821. The zero-order chi connectivity index (χ0) is 20.8. The molecule has 0 unspecified atom stereocenters. The molecule has 4 rings (SSSR count). The van der Waals surface area contributed by atoms with Gasteiger partial charge in [0, 0.05) is 15.5 Å². The molecule has 0 saturated carbocycles. The van der Waals surface area contributed by atoms with Crippen molar-refractivity contribution in [3.8, 4) is 5.69 Å². The van der Waals surface area contributed by atoms with Gasteiger partial charge in [-0.2, -0.15) is 0 Å². The van der Waals surface area contributed by atoms with Crippen molar-refractivity contribution in [2.45, 2.75) is 21.9 Å². The Labute approximate surface area is 183 Å². The molecule has 5 nitrogen and oxygen atoms in total. The number of carbonyl (C=O) groups is 1. The molecular formula is C23H20N4OS2. The van der Waals surface area contributed by atoms with Crippen LogP contribution in [0.15, 0.2) is 99.9 Å². The fraction of sp³-hybridized carbons (Fsp3) is 0.0870. The van der Waals surface area contributed by atoms with E-state index in [1.807, 2.05) is 84.3 Å². The summed E-state index contributed by atoms with van der Waals surface area (Å²) >= 11 is 3.00. The van der Waals surface area contributed by atoms with Gasteiger partial charge < -0.3 is 5.32 Å². The molecule has 0 aliphatic carbocycles. The molecule has 30 heavy (non-hydrogen) atoms. The van der Waals surface area contributed by atoms with E-state index in [4.69, 9.17) is 0 Å². The van der Waals surface area contributed by atoms with E-state index in [0.29, 0.717) is 5.16 Å². The second-order valence-corrected chi connectivity index (χ2v) is 8.51. The van der Waals surface area contributed by atoms with Crippen molar-refractivity contribution in [2.24, 2.45) is 0 Å². The summed E-state index contributed by atoms with van der Waals surface area (Å²) in [4.78, 5) is 14.8. The average molecular weight is 433 g/mol. The average Bonchev–Trinajstić information content (AvgIpc) is 3.15. The van der Waals surface area contributed by atoms with Crippen LogP contribution in [0.5, 0.6) is 0 Å². The molecule has 150 valence electrons. The van der Waals surface area contributed by atoms with Gasteiger partial charge >= 0.3 is 0 Å². The first-order valence-electron chi connectivity index (χ1n) is 9.43. The van der Waals surface area contributed by atoms with Gasteiger partial charge in [-0.1, -0.05) is 72.1 Å². The molecule has 0 radical (unpaired) electrons. The maximum absolute atomic E-state index is 12.6. The number of nitrogens with one attached hydrogen (secondary N) is 1. The fourth-order valence-corrected chi connectivity index (χ4v) is 4.62. The van der Waals surface area contributed by atoms with Crippen molar-refractivity contribution < 1.29 is 4.79 Å². The summed E-state index contributed by atoms with van der Waals surface area (Å²) in [5, 5.41) is 12.1. The Kier molecular flexibility index (Phi) is 6.51. The van der Waals surface area contributed by atoms with Crippen LogP contribution in [0, 0.1) is 6.92 Å². The zero-order valence-corrected chi connectivity index (χ0v) is 18.0. The molecule has 1 heterocycles. The van der Waals surface area contributed by atoms with Gasteiger partial charge in [-0.15, -0.1) is 10.2 Å². The number of para-hydroxylation sites is 2. The molecule has 0 aliphatic rings. The van der Waals surface area contributed by atoms with Crippen LogP contribution >= 0.6 is 23.5 Å². The van der Waals surface area contributed by atoms with Crippen molar-refractivity contribution in [1.82, 2.24) is 14.8 Å². The smallest absolute Gasteiger partial charge is 0.234 e. The Bertz CT molecular complexity index is 1130. The van der Waals surface area contributed by atoms with E-state index in [1.54, 1.807) is 11.8 Å². The molecule has 4 aromatic rings. The van der Waals surface area contributed by atoms with E-state index in [0.717, 1.165) is 27.0 Å². The number of aryl methyl sites for hydroxylation is 1. The van der Waals surface area contributed by atoms with Crippen LogP contribution in [-0.4, -0.2) is 26.4 Å². The van der Waals surface area contributed by atoms with Crippen molar-refractivity contribution in [3.63, 3.8) is 0 Å². The standard InChI is InChI=1S/C23H20N4OS2/c1-17-25-26-23(27(17)18-10-4-2-5-11-18)29-16-22(28)24-20-14-8-9-15-21(20)30-19-12-6-3-7-13-19/h2-15H,16H2,1H3,(H,24,28). The first-order valence-corrected chi connectivity index (χ1v) is 11.2. The quantitative estimate of drug-likeness (QED) is 0.393. The Hall–Kier alpha value is -3.03. The summed E-state index contributed by atoms with van der Waals surface area (Å²) in [5.41, 5.74) is 1.78. The minimum atomic E-state index is -0.0821. The zero-order valence-electron chi connectivity index (χ0n) is 16.4. The maximum Gasteiger partial charge on any atom is 0.234 e. The summed E-state index contributed by atoms with van der Waals surface area (Å²) < 4.78 is 1.96. The number of carbonyl (C=O) groups excluding carboxylic acids is 1.